The molecular formula is C58H102O6. The molecule has 0 aliphatic carbocycles. The van der Waals surface area contributed by atoms with E-state index in [-0.39, 0.29) is 31.1 Å². The highest BCUT2D eigenvalue weighted by molar-refractivity contribution is 5.71. The Morgan fingerprint density at radius 3 is 0.906 bits per heavy atom. The number of hydrogen-bond donors (Lipinski definition) is 0. The van der Waals surface area contributed by atoms with Crippen molar-refractivity contribution >= 4 is 17.9 Å². The second kappa shape index (κ2) is 52.7. The summed E-state index contributed by atoms with van der Waals surface area (Å²) in [6.07, 6.45) is 65.0. The van der Waals surface area contributed by atoms with Gasteiger partial charge in [-0.1, -0.05) is 223 Å². The molecule has 0 aliphatic heterocycles. The molecule has 0 aromatic heterocycles. The number of carbonyl (C=O) groups is 3. The molecule has 0 rings (SSSR count). The number of allylic oxidation sites excluding steroid dienone is 10. The molecule has 0 radical (unpaired) electrons. The third-order valence-corrected chi connectivity index (χ3v) is 11.7. The number of hydrogen-bond acceptors (Lipinski definition) is 6. The minimum absolute atomic E-state index is 0.0807. The lowest BCUT2D eigenvalue weighted by atomic mass is 10.1. The second-order valence-corrected chi connectivity index (χ2v) is 18.1. The van der Waals surface area contributed by atoms with Gasteiger partial charge in [0, 0.05) is 19.3 Å². The lowest BCUT2D eigenvalue weighted by molar-refractivity contribution is -0.167. The van der Waals surface area contributed by atoms with Crippen LogP contribution in [0.15, 0.2) is 60.8 Å². The van der Waals surface area contributed by atoms with Crippen molar-refractivity contribution in [2.24, 2.45) is 0 Å². The summed E-state index contributed by atoms with van der Waals surface area (Å²) in [6.45, 7) is 6.57. The molecule has 0 spiro atoms. The van der Waals surface area contributed by atoms with Crippen LogP contribution in [0.3, 0.4) is 0 Å². The van der Waals surface area contributed by atoms with Gasteiger partial charge in [0.1, 0.15) is 13.2 Å². The number of rotatable bonds is 49. The Morgan fingerprint density at radius 1 is 0.312 bits per heavy atom. The van der Waals surface area contributed by atoms with Crippen molar-refractivity contribution in [1.82, 2.24) is 0 Å². The Kier molecular flexibility index (Phi) is 50.4. The molecule has 0 amide bonds. The first kappa shape index (κ1) is 61.1. The Hall–Kier alpha value is -2.89. The lowest BCUT2D eigenvalue weighted by Gasteiger charge is -2.18. The minimum atomic E-state index is -0.781. The van der Waals surface area contributed by atoms with Crippen molar-refractivity contribution in [2.75, 3.05) is 13.2 Å². The van der Waals surface area contributed by atoms with Crippen molar-refractivity contribution in [3.8, 4) is 0 Å². The topological polar surface area (TPSA) is 78.9 Å². The van der Waals surface area contributed by atoms with E-state index in [4.69, 9.17) is 14.2 Å². The van der Waals surface area contributed by atoms with E-state index in [0.717, 1.165) is 89.9 Å². The monoisotopic (exact) mass is 895 g/mol. The van der Waals surface area contributed by atoms with E-state index in [1.807, 2.05) is 0 Å². The van der Waals surface area contributed by atoms with Gasteiger partial charge in [0.05, 0.1) is 0 Å². The summed E-state index contributed by atoms with van der Waals surface area (Å²) in [7, 11) is 0. The third-order valence-electron chi connectivity index (χ3n) is 11.7. The molecule has 0 fully saturated rings. The largest absolute Gasteiger partial charge is 0.462 e. The summed E-state index contributed by atoms with van der Waals surface area (Å²) in [5.41, 5.74) is 0. The van der Waals surface area contributed by atoms with E-state index >= 15 is 0 Å². The van der Waals surface area contributed by atoms with Crippen LogP contribution in [0.5, 0.6) is 0 Å². The summed E-state index contributed by atoms with van der Waals surface area (Å²) < 4.78 is 16.8. The van der Waals surface area contributed by atoms with Crippen molar-refractivity contribution in [2.45, 2.75) is 277 Å². The van der Waals surface area contributed by atoms with Crippen molar-refractivity contribution in [3.05, 3.63) is 60.8 Å². The first-order chi connectivity index (χ1) is 31.5. The minimum Gasteiger partial charge on any atom is -0.462 e. The summed E-state index contributed by atoms with van der Waals surface area (Å²) >= 11 is 0. The lowest BCUT2D eigenvalue weighted by Crippen LogP contribution is -2.30. The molecule has 0 saturated carbocycles. The molecule has 370 valence electrons. The van der Waals surface area contributed by atoms with Gasteiger partial charge in [0.25, 0.3) is 0 Å². The Balaban J connectivity index is 4.30. The quantitative estimate of drug-likeness (QED) is 0.0262. The van der Waals surface area contributed by atoms with Crippen molar-refractivity contribution in [3.63, 3.8) is 0 Å². The van der Waals surface area contributed by atoms with Crippen LogP contribution < -0.4 is 0 Å². The van der Waals surface area contributed by atoms with E-state index in [0.29, 0.717) is 19.3 Å². The van der Waals surface area contributed by atoms with Gasteiger partial charge in [0.15, 0.2) is 6.10 Å². The molecule has 0 N–H and O–H groups in total. The van der Waals surface area contributed by atoms with Gasteiger partial charge in [-0.3, -0.25) is 14.4 Å². The van der Waals surface area contributed by atoms with E-state index in [9.17, 15) is 14.4 Å². The van der Waals surface area contributed by atoms with Gasteiger partial charge in [-0.2, -0.15) is 0 Å². The van der Waals surface area contributed by atoms with Crippen LogP contribution in [0.1, 0.15) is 271 Å². The maximum absolute atomic E-state index is 12.8. The fraction of sp³-hybridized carbons (Fsp3) is 0.776. The molecule has 0 aromatic rings. The fourth-order valence-electron chi connectivity index (χ4n) is 7.60. The average molecular weight is 895 g/mol. The first-order valence-electron chi connectivity index (χ1n) is 27.3. The molecule has 0 bridgehead atoms. The number of carbonyl (C=O) groups excluding carboxylic acids is 3. The van der Waals surface area contributed by atoms with E-state index < -0.39 is 6.10 Å². The highest BCUT2D eigenvalue weighted by Gasteiger charge is 2.19. The maximum atomic E-state index is 12.8. The molecule has 6 heteroatoms. The molecule has 1 unspecified atom stereocenters. The molecule has 0 heterocycles. The predicted octanol–water partition coefficient (Wildman–Crippen LogP) is 18.0. The SMILES string of the molecule is CCCCC/C=C\C/C=C\CCCCCCCCCC(=O)OC(COC(=O)CCCCCCCC/C=C\C/C=C\C/C=C\CCCCCCC)COC(=O)CCCCCCCCCC. The number of ether oxygens (including phenoxy) is 3. The maximum Gasteiger partial charge on any atom is 0.306 e. The number of esters is 3. The molecule has 0 aliphatic rings. The van der Waals surface area contributed by atoms with Gasteiger partial charge in [-0.15, -0.1) is 0 Å². The van der Waals surface area contributed by atoms with Crippen LogP contribution in [0.4, 0.5) is 0 Å². The van der Waals surface area contributed by atoms with Crippen LogP contribution >= 0.6 is 0 Å². The average Bonchev–Trinajstić information content (AvgIpc) is 3.29. The predicted molar refractivity (Wildman–Crippen MR) is 275 cm³/mol. The van der Waals surface area contributed by atoms with E-state index in [1.165, 1.54) is 141 Å². The van der Waals surface area contributed by atoms with Gasteiger partial charge in [-0.25, -0.2) is 0 Å². The second-order valence-electron chi connectivity index (χ2n) is 18.1. The normalized spacial score (nSPS) is 12.5. The van der Waals surface area contributed by atoms with Gasteiger partial charge in [-0.05, 0) is 89.9 Å². The molecular weight excluding hydrogens is 793 g/mol. The number of unbranched alkanes of at least 4 members (excludes halogenated alkanes) is 28. The molecule has 64 heavy (non-hydrogen) atoms. The zero-order chi connectivity index (χ0) is 46.5. The van der Waals surface area contributed by atoms with Crippen LogP contribution in [0.25, 0.3) is 0 Å². The van der Waals surface area contributed by atoms with Gasteiger partial charge < -0.3 is 14.2 Å². The summed E-state index contributed by atoms with van der Waals surface area (Å²) in [5, 5.41) is 0. The Morgan fingerprint density at radius 2 is 0.562 bits per heavy atom. The molecule has 1 atom stereocenters. The molecule has 0 saturated heterocycles. The Bertz CT molecular complexity index is 1170. The van der Waals surface area contributed by atoms with E-state index in [1.54, 1.807) is 0 Å². The van der Waals surface area contributed by atoms with Crippen molar-refractivity contribution in [1.29, 1.82) is 0 Å². The van der Waals surface area contributed by atoms with E-state index in [2.05, 4.69) is 81.5 Å². The fourth-order valence-corrected chi connectivity index (χ4v) is 7.60. The van der Waals surface area contributed by atoms with Gasteiger partial charge >= 0.3 is 17.9 Å². The van der Waals surface area contributed by atoms with Gasteiger partial charge in [0.2, 0.25) is 0 Å². The van der Waals surface area contributed by atoms with Crippen LogP contribution in [0, 0.1) is 0 Å². The summed E-state index contributed by atoms with van der Waals surface area (Å²) in [5.74, 6) is -0.900. The first-order valence-corrected chi connectivity index (χ1v) is 27.3. The highest BCUT2D eigenvalue weighted by Crippen LogP contribution is 2.14. The highest BCUT2D eigenvalue weighted by atomic mass is 16.6. The standard InChI is InChI=1S/C58H102O6/c1-4-7-10-13-16-19-21-23-25-27-28-29-30-32-33-35-37-39-42-45-48-51-57(60)63-54-55(53-62-56(59)50-47-44-41-18-15-12-9-6-3)64-58(61)52-49-46-43-40-38-36-34-31-26-24-22-20-17-14-11-8-5-2/h17,20-21,23-24,26-28,30,32,55H,4-16,18-19,22,25,29,31,33-54H2,1-3H3/b20-17-,23-21-,26-24-,28-27-,32-30-. The zero-order valence-electron chi connectivity index (χ0n) is 42.3. The van der Waals surface area contributed by atoms with Crippen LogP contribution in [0.2, 0.25) is 0 Å². The summed E-state index contributed by atoms with van der Waals surface area (Å²) in [4.78, 5) is 37.9. The summed E-state index contributed by atoms with van der Waals surface area (Å²) in [6, 6.07) is 0. The Labute approximate surface area is 396 Å². The molecule has 0 aromatic carbocycles. The molecule has 6 nitrogen and oxygen atoms in total. The van der Waals surface area contributed by atoms with Crippen molar-refractivity contribution < 1.29 is 28.6 Å². The van der Waals surface area contributed by atoms with Crippen LogP contribution in [-0.2, 0) is 28.6 Å². The smallest absolute Gasteiger partial charge is 0.306 e. The zero-order valence-corrected chi connectivity index (χ0v) is 42.3. The third kappa shape index (κ3) is 50.1. The van der Waals surface area contributed by atoms with Crippen LogP contribution in [-0.4, -0.2) is 37.2 Å².